The topological polar surface area (TPSA) is 107 Å². The Kier molecular flexibility index (Phi) is 4.78. The molecule has 134 valence electrons. The second-order valence-corrected chi connectivity index (χ2v) is 5.84. The van der Waals surface area contributed by atoms with E-state index in [9.17, 15) is 9.59 Å². The van der Waals surface area contributed by atoms with Gasteiger partial charge in [-0.05, 0) is 38.1 Å². The Labute approximate surface area is 150 Å². The highest BCUT2D eigenvalue weighted by Crippen LogP contribution is 2.17. The third-order valence-electron chi connectivity index (χ3n) is 4.10. The van der Waals surface area contributed by atoms with Gasteiger partial charge in [-0.25, -0.2) is 9.67 Å². The van der Waals surface area contributed by atoms with Gasteiger partial charge in [-0.2, -0.15) is 10.2 Å². The van der Waals surface area contributed by atoms with E-state index in [0.717, 1.165) is 5.69 Å². The van der Waals surface area contributed by atoms with E-state index in [-0.39, 0.29) is 11.8 Å². The molecule has 0 aliphatic rings. The number of hydrogen-bond acceptors (Lipinski definition) is 5. The van der Waals surface area contributed by atoms with Gasteiger partial charge in [-0.3, -0.25) is 14.3 Å². The van der Waals surface area contributed by atoms with Crippen molar-refractivity contribution in [2.45, 2.75) is 19.9 Å². The van der Waals surface area contributed by atoms with Gasteiger partial charge in [0.1, 0.15) is 18.7 Å². The van der Waals surface area contributed by atoms with Gasteiger partial charge in [0.15, 0.2) is 0 Å². The summed E-state index contributed by atoms with van der Waals surface area (Å²) in [6, 6.07) is 6.40. The molecule has 3 aromatic rings. The van der Waals surface area contributed by atoms with E-state index >= 15 is 0 Å². The van der Waals surface area contributed by atoms with E-state index in [2.05, 4.69) is 25.8 Å². The lowest BCUT2D eigenvalue weighted by Gasteiger charge is -2.12. The minimum Gasteiger partial charge on any atom is -0.324 e. The van der Waals surface area contributed by atoms with Gasteiger partial charge in [0, 0.05) is 24.1 Å². The molecule has 1 atom stereocenters. The van der Waals surface area contributed by atoms with Crippen molar-refractivity contribution in [1.29, 1.82) is 0 Å². The Morgan fingerprint density at radius 2 is 1.73 bits per heavy atom. The summed E-state index contributed by atoms with van der Waals surface area (Å²) in [4.78, 5) is 28.3. The maximum atomic E-state index is 12.3. The van der Waals surface area contributed by atoms with Gasteiger partial charge >= 0.3 is 0 Å². The molecular weight excluding hydrogens is 334 g/mol. The SMILES string of the molecule is Cc1c(C(=O)Nc2ccc(NC(=O)[C@H](C)n3cncn3)cc2)cnn1C. The molecule has 1 aromatic carbocycles. The van der Waals surface area contributed by atoms with Gasteiger partial charge < -0.3 is 10.6 Å². The summed E-state index contributed by atoms with van der Waals surface area (Å²) in [6.07, 6.45) is 4.40. The lowest BCUT2D eigenvalue weighted by atomic mass is 10.2. The fourth-order valence-electron chi connectivity index (χ4n) is 2.34. The maximum Gasteiger partial charge on any atom is 0.259 e. The first-order valence-corrected chi connectivity index (χ1v) is 8.00. The normalized spacial score (nSPS) is 11.8. The molecule has 9 heteroatoms. The van der Waals surface area contributed by atoms with Crippen LogP contribution in [0.25, 0.3) is 0 Å². The minimum absolute atomic E-state index is 0.210. The van der Waals surface area contributed by atoms with Gasteiger partial charge in [0.25, 0.3) is 5.91 Å². The van der Waals surface area contributed by atoms with Crippen LogP contribution < -0.4 is 10.6 Å². The molecule has 26 heavy (non-hydrogen) atoms. The number of rotatable bonds is 5. The van der Waals surface area contributed by atoms with Gasteiger partial charge in [-0.15, -0.1) is 0 Å². The van der Waals surface area contributed by atoms with Crippen LogP contribution in [0, 0.1) is 6.92 Å². The molecule has 0 aliphatic heterocycles. The van der Waals surface area contributed by atoms with Crippen LogP contribution in [-0.2, 0) is 11.8 Å². The predicted molar refractivity (Wildman–Crippen MR) is 95.7 cm³/mol. The highest BCUT2D eigenvalue weighted by Gasteiger charge is 2.16. The number of nitrogens with zero attached hydrogens (tertiary/aromatic N) is 5. The highest BCUT2D eigenvalue weighted by atomic mass is 16.2. The molecule has 0 radical (unpaired) electrons. The highest BCUT2D eigenvalue weighted by molar-refractivity contribution is 6.05. The van der Waals surface area contributed by atoms with Crippen molar-refractivity contribution < 1.29 is 9.59 Å². The summed E-state index contributed by atoms with van der Waals surface area (Å²) in [5.74, 6) is -0.439. The number of nitrogens with one attached hydrogen (secondary N) is 2. The molecule has 0 spiro atoms. The number of amides is 2. The number of hydrogen-bond donors (Lipinski definition) is 2. The number of benzene rings is 1. The number of anilines is 2. The third-order valence-corrected chi connectivity index (χ3v) is 4.10. The predicted octanol–water partition coefficient (Wildman–Crippen LogP) is 1.77. The fraction of sp³-hybridized carbons (Fsp3) is 0.235. The van der Waals surface area contributed by atoms with Crippen molar-refractivity contribution in [3.05, 3.63) is 54.4 Å². The summed E-state index contributed by atoms with van der Waals surface area (Å²) in [7, 11) is 1.78. The number of carbonyl (C=O) groups excluding carboxylic acids is 2. The molecule has 2 heterocycles. The number of carbonyl (C=O) groups is 2. The van der Waals surface area contributed by atoms with Crippen LogP contribution in [0.3, 0.4) is 0 Å². The molecule has 0 saturated heterocycles. The van der Waals surface area contributed by atoms with Gasteiger partial charge in [0.05, 0.1) is 11.8 Å². The molecule has 2 N–H and O–H groups in total. The second kappa shape index (κ2) is 7.18. The largest absolute Gasteiger partial charge is 0.324 e. The maximum absolute atomic E-state index is 12.3. The summed E-state index contributed by atoms with van der Waals surface area (Å²) >= 11 is 0. The molecule has 0 bridgehead atoms. The first-order chi connectivity index (χ1) is 12.5. The average Bonchev–Trinajstić information content (AvgIpc) is 3.27. The summed E-state index contributed by atoms with van der Waals surface area (Å²) in [6.45, 7) is 3.56. The van der Waals surface area contributed by atoms with Crippen LogP contribution in [0.15, 0.2) is 43.1 Å². The first kappa shape index (κ1) is 17.3. The zero-order valence-electron chi connectivity index (χ0n) is 14.7. The van der Waals surface area contributed by atoms with Crippen LogP contribution in [0.1, 0.15) is 29.0 Å². The van der Waals surface area contributed by atoms with Crippen molar-refractivity contribution in [2.24, 2.45) is 7.05 Å². The van der Waals surface area contributed by atoms with E-state index in [4.69, 9.17) is 0 Å². The summed E-state index contributed by atoms with van der Waals surface area (Å²) in [5, 5.41) is 13.6. The van der Waals surface area contributed by atoms with E-state index in [1.807, 2.05) is 6.92 Å². The average molecular weight is 353 g/mol. The van der Waals surface area contributed by atoms with Crippen molar-refractivity contribution in [3.8, 4) is 0 Å². The molecule has 0 saturated carbocycles. The molecule has 2 aromatic heterocycles. The molecule has 0 aliphatic carbocycles. The Hall–Kier alpha value is -3.49. The molecule has 0 fully saturated rings. The summed E-state index contributed by atoms with van der Waals surface area (Å²) in [5.41, 5.74) is 2.55. The summed E-state index contributed by atoms with van der Waals surface area (Å²) < 4.78 is 3.12. The van der Waals surface area contributed by atoms with Crippen molar-refractivity contribution in [3.63, 3.8) is 0 Å². The Bertz CT molecular complexity index is 913. The van der Waals surface area contributed by atoms with Gasteiger partial charge in [0.2, 0.25) is 5.91 Å². The quantitative estimate of drug-likeness (QED) is 0.727. The molecule has 0 unspecified atom stereocenters. The van der Waals surface area contributed by atoms with E-state index < -0.39 is 6.04 Å². The molecular formula is C17H19N7O2. The second-order valence-electron chi connectivity index (χ2n) is 5.84. The number of aryl methyl sites for hydroxylation is 1. The zero-order chi connectivity index (χ0) is 18.7. The number of aromatic nitrogens is 5. The van der Waals surface area contributed by atoms with Crippen molar-refractivity contribution in [1.82, 2.24) is 24.5 Å². The zero-order valence-corrected chi connectivity index (χ0v) is 14.7. The van der Waals surface area contributed by atoms with Crippen LogP contribution in [-0.4, -0.2) is 36.4 Å². The lowest BCUT2D eigenvalue weighted by Crippen LogP contribution is -2.24. The fourth-order valence-corrected chi connectivity index (χ4v) is 2.34. The van der Waals surface area contributed by atoms with E-state index in [1.54, 1.807) is 42.9 Å². The third kappa shape index (κ3) is 3.61. The first-order valence-electron chi connectivity index (χ1n) is 8.00. The van der Waals surface area contributed by atoms with Gasteiger partial charge in [-0.1, -0.05) is 0 Å². The Balaban J connectivity index is 1.62. The molecule has 9 nitrogen and oxygen atoms in total. The monoisotopic (exact) mass is 353 g/mol. The lowest BCUT2D eigenvalue weighted by molar-refractivity contribution is -0.119. The van der Waals surface area contributed by atoms with Crippen LogP contribution in [0.5, 0.6) is 0 Å². The van der Waals surface area contributed by atoms with Crippen molar-refractivity contribution in [2.75, 3.05) is 10.6 Å². The Morgan fingerprint density at radius 3 is 2.27 bits per heavy atom. The Morgan fingerprint density at radius 1 is 1.08 bits per heavy atom. The van der Waals surface area contributed by atoms with Crippen LogP contribution >= 0.6 is 0 Å². The van der Waals surface area contributed by atoms with Crippen LogP contribution in [0.2, 0.25) is 0 Å². The minimum atomic E-state index is -0.481. The molecule has 3 rings (SSSR count). The van der Waals surface area contributed by atoms with Crippen molar-refractivity contribution >= 4 is 23.2 Å². The van der Waals surface area contributed by atoms with E-state index in [1.165, 1.54) is 23.5 Å². The standard InChI is InChI=1S/C17H19N7O2/c1-11-15(8-19-23(11)3)17(26)22-14-6-4-13(5-7-14)21-16(25)12(2)24-10-18-9-20-24/h4-10,12H,1-3H3,(H,21,25)(H,22,26)/t12-/m0/s1. The van der Waals surface area contributed by atoms with Crippen LogP contribution in [0.4, 0.5) is 11.4 Å². The van der Waals surface area contributed by atoms with E-state index in [0.29, 0.717) is 16.9 Å². The molecule has 2 amide bonds. The smallest absolute Gasteiger partial charge is 0.259 e.